The maximum Gasteiger partial charge on any atom is 0.235 e. The van der Waals surface area contributed by atoms with E-state index in [-0.39, 0.29) is 30.2 Å². The molecule has 146 valence electrons. The quantitative estimate of drug-likeness (QED) is 0.718. The lowest BCUT2D eigenvalue weighted by Gasteiger charge is -2.34. The number of hydrogen-bond donors (Lipinski definition) is 0. The van der Waals surface area contributed by atoms with Crippen LogP contribution in [0.4, 0.5) is 11.6 Å². The zero-order chi connectivity index (χ0) is 19.5. The molecule has 0 N–H and O–H groups in total. The van der Waals surface area contributed by atoms with E-state index < -0.39 is 0 Å². The van der Waals surface area contributed by atoms with Crippen LogP contribution >= 0.6 is 15.9 Å². The summed E-state index contributed by atoms with van der Waals surface area (Å²) in [6.07, 6.45) is 8.87. The van der Waals surface area contributed by atoms with Gasteiger partial charge in [0.2, 0.25) is 17.8 Å². The van der Waals surface area contributed by atoms with Crippen molar-refractivity contribution < 1.29 is 9.59 Å². The zero-order valence-corrected chi connectivity index (χ0v) is 17.2. The molecule has 0 bridgehead atoms. The molecule has 1 saturated carbocycles. The highest BCUT2D eigenvalue weighted by atomic mass is 79.9. The van der Waals surface area contributed by atoms with Crippen molar-refractivity contribution in [1.82, 2.24) is 9.97 Å². The van der Waals surface area contributed by atoms with Gasteiger partial charge in [0, 0.05) is 35.9 Å². The van der Waals surface area contributed by atoms with E-state index in [9.17, 15) is 9.59 Å². The summed E-state index contributed by atoms with van der Waals surface area (Å²) in [5.41, 5.74) is 0.808. The number of nitrogens with zero attached hydrogens (tertiary/aromatic N) is 4. The molecule has 2 aliphatic rings. The van der Waals surface area contributed by atoms with E-state index in [0.717, 1.165) is 35.8 Å². The third-order valence-corrected chi connectivity index (χ3v) is 6.23. The van der Waals surface area contributed by atoms with Gasteiger partial charge in [-0.3, -0.25) is 14.5 Å². The minimum atomic E-state index is -0.384. The second-order valence-corrected chi connectivity index (χ2v) is 8.26. The van der Waals surface area contributed by atoms with Crippen LogP contribution in [0, 0.1) is 5.92 Å². The Hall–Kier alpha value is -2.28. The molecular formula is C21H23BrN4O2. The lowest BCUT2D eigenvalue weighted by atomic mass is 9.93. The normalized spacial score (nSPS) is 20.4. The Balaban J connectivity index is 1.59. The van der Waals surface area contributed by atoms with Gasteiger partial charge in [0.05, 0.1) is 11.6 Å². The highest BCUT2D eigenvalue weighted by Gasteiger charge is 2.40. The number of halogens is 1. The lowest BCUT2D eigenvalue weighted by Crippen LogP contribution is -2.46. The fourth-order valence-corrected chi connectivity index (χ4v) is 4.67. The van der Waals surface area contributed by atoms with Crippen molar-refractivity contribution in [1.29, 1.82) is 0 Å². The Kier molecular flexibility index (Phi) is 5.71. The van der Waals surface area contributed by atoms with Crippen LogP contribution in [0.2, 0.25) is 0 Å². The minimum absolute atomic E-state index is 0.0252. The van der Waals surface area contributed by atoms with Gasteiger partial charge in [-0.05, 0) is 47.0 Å². The first kappa shape index (κ1) is 19.1. The number of benzene rings is 1. The number of aromatic nitrogens is 2. The van der Waals surface area contributed by atoms with Crippen LogP contribution in [-0.2, 0) is 9.59 Å². The van der Waals surface area contributed by atoms with E-state index in [1.165, 1.54) is 6.42 Å². The van der Waals surface area contributed by atoms with Crippen LogP contribution in [0.5, 0.6) is 0 Å². The van der Waals surface area contributed by atoms with Crippen LogP contribution in [0.25, 0.3) is 0 Å². The molecule has 2 aromatic rings. The van der Waals surface area contributed by atoms with Gasteiger partial charge in [0.1, 0.15) is 0 Å². The molecule has 4 rings (SSSR count). The fraction of sp³-hybridized carbons (Fsp3) is 0.429. The molecule has 7 heteroatoms. The monoisotopic (exact) mass is 442 g/mol. The summed E-state index contributed by atoms with van der Waals surface area (Å²) >= 11 is 3.51. The van der Waals surface area contributed by atoms with Crippen LogP contribution in [0.15, 0.2) is 47.2 Å². The fourth-order valence-electron chi connectivity index (χ4n) is 4.17. The topological polar surface area (TPSA) is 66.4 Å². The van der Waals surface area contributed by atoms with E-state index >= 15 is 0 Å². The van der Waals surface area contributed by atoms with E-state index in [0.29, 0.717) is 12.5 Å². The SMILES string of the molecule is O=C1CC(C(=O)N(c2ncccn2)C2CCCCC2)CN1c1ccccc1Br. The third-order valence-electron chi connectivity index (χ3n) is 5.56. The van der Waals surface area contributed by atoms with Gasteiger partial charge < -0.3 is 4.90 Å². The second kappa shape index (κ2) is 8.39. The number of hydrogen-bond acceptors (Lipinski definition) is 4. The van der Waals surface area contributed by atoms with Crippen LogP contribution in [-0.4, -0.2) is 34.4 Å². The van der Waals surface area contributed by atoms with Crippen molar-refractivity contribution in [3.8, 4) is 0 Å². The van der Waals surface area contributed by atoms with Gasteiger partial charge in [0.15, 0.2) is 0 Å². The molecule has 1 unspecified atom stereocenters. The van der Waals surface area contributed by atoms with E-state index in [1.54, 1.807) is 28.3 Å². The van der Waals surface area contributed by atoms with Crippen molar-refractivity contribution in [2.45, 2.75) is 44.6 Å². The van der Waals surface area contributed by atoms with Crippen molar-refractivity contribution in [3.63, 3.8) is 0 Å². The molecule has 2 heterocycles. The smallest absolute Gasteiger partial charge is 0.235 e. The molecule has 1 atom stereocenters. The first-order valence-electron chi connectivity index (χ1n) is 9.80. The molecule has 0 spiro atoms. The number of para-hydroxylation sites is 1. The molecule has 1 saturated heterocycles. The van der Waals surface area contributed by atoms with Gasteiger partial charge in [-0.2, -0.15) is 0 Å². The molecule has 1 aromatic carbocycles. The van der Waals surface area contributed by atoms with Crippen LogP contribution in [0.1, 0.15) is 38.5 Å². The summed E-state index contributed by atoms with van der Waals surface area (Å²) in [4.78, 5) is 38.3. The molecule has 2 amide bonds. The van der Waals surface area contributed by atoms with Crippen molar-refractivity contribution in [2.24, 2.45) is 5.92 Å². The predicted octanol–water partition coefficient (Wildman–Crippen LogP) is 3.96. The van der Waals surface area contributed by atoms with Crippen LogP contribution in [0.3, 0.4) is 0 Å². The summed E-state index contributed by atoms with van der Waals surface area (Å²) in [5, 5.41) is 0. The van der Waals surface area contributed by atoms with Gasteiger partial charge in [-0.1, -0.05) is 31.4 Å². The average molecular weight is 443 g/mol. The van der Waals surface area contributed by atoms with Crippen LogP contribution < -0.4 is 9.80 Å². The standard InChI is InChI=1S/C21H23BrN4O2/c22-17-9-4-5-10-18(17)25-14-15(13-19(25)27)20(28)26(16-7-2-1-3-8-16)21-23-11-6-12-24-21/h4-6,9-12,15-16H,1-3,7-8,13-14H2. The number of carbonyl (C=O) groups is 2. The molecule has 1 aromatic heterocycles. The van der Waals surface area contributed by atoms with E-state index in [2.05, 4.69) is 25.9 Å². The van der Waals surface area contributed by atoms with E-state index in [4.69, 9.17) is 0 Å². The first-order chi connectivity index (χ1) is 13.6. The Bertz CT molecular complexity index is 854. The Morgan fingerprint density at radius 1 is 1.07 bits per heavy atom. The van der Waals surface area contributed by atoms with Crippen molar-refractivity contribution in [3.05, 3.63) is 47.2 Å². The highest BCUT2D eigenvalue weighted by molar-refractivity contribution is 9.10. The summed E-state index contributed by atoms with van der Waals surface area (Å²) in [7, 11) is 0. The largest absolute Gasteiger partial charge is 0.310 e. The maximum atomic E-state index is 13.5. The summed E-state index contributed by atoms with van der Waals surface area (Å²) < 4.78 is 0.854. The lowest BCUT2D eigenvalue weighted by molar-refractivity contribution is -0.124. The summed E-state index contributed by atoms with van der Waals surface area (Å²) in [5.74, 6) is 0.000331. The second-order valence-electron chi connectivity index (χ2n) is 7.41. The summed E-state index contributed by atoms with van der Waals surface area (Å²) in [6, 6.07) is 9.47. The maximum absolute atomic E-state index is 13.5. The average Bonchev–Trinajstić information content (AvgIpc) is 3.12. The predicted molar refractivity (Wildman–Crippen MR) is 111 cm³/mol. The number of amides is 2. The molecule has 6 nitrogen and oxygen atoms in total. The van der Waals surface area contributed by atoms with Gasteiger partial charge in [-0.25, -0.2) is 9.97 Å². The van der Waals surface area contributed by atoms with E-state index in [1.807, 2.05) is 24.3 Å². The highest BCUT2D eigenvalue weighted by Crippen LogP contribution is 2.34. The molecule has 2 fully saturated rings. The number of anilines is 2. The molecule has 28 heavy (non-hydrogen) atoms. The number of carbonyl (C=O) groups excluding carboxylic acids is 2. The Morgan fingerprint density at radius 2 is 1.79 bits per heavy atom. The molecule has 1 aliphatic carbocycles. The van der Waals surface area contributed by atoms with Gasteiger partial charge in [0.25, 0.3) is 0 Å². The Morgan fingerprint density at radius 3 is 2.50 bits per heavy atom. The first-order valence-corrected chi connectivity index (χ1v) is 10.6. The third kappa shape index (κ3) is 3.81. The summed E-state index contributed by atoms with van der Waals surface area (Å²) in [6.45, 7) is 0.385. The van der Waals surface area contributed by atoms with Gasteiger partial charge in [-0.15, -0.1) is 0 Å². The molecule has 1 aliphatic heterocycles. The minimum Gasteiger partial charge on any atom is -0.310 e. The van der Waals surface area contributed by atoms with Gasteiger partial charge >= 0.3 is 0 Å². The molecular weight excluding hydrogens is 420 g/mol. The Labute approximate surface area is 173 Å². The zero-order valence-electron chi connectivity index (χ0n) is 15.6. The van der Waals surface area contributed by atoms with Crippen molar-refractivity contribution >= 4 is 39.4 Å². The number of rotatable bonds is 4. The van der Waals surface area contributed by atoms with Crippen molar-refractivity contribution in [2.75, 3.05) is 16.3 Å². The molecule has 0 radical (unpaired) electrons.